The van der Waals surface area contributed by atoms with Gasteiger partial charge in [-0.2, -0.15) is 0 Å². The molecule has 1 atom stereocenters. The zero-order chi connectivity index (χ0) is 13.3. The highest BCUT2D eigenvalue weighted by Crippen LogP contribution is 2.31. The topological polar surface area (TPSA) is 65.2 Å². The molecule has 0 aliphatic heterocycles. The third-order valence-electron chi connectivity index (χ3n) is 2.58. The summed E-state index contributed by atoms with van der Waals surface area (Å²) >= 11 is 6.05. The van der Waals surface area contributed by atoms with E-state index in [4.69, 9.17) is 17.3 Å². The van der Waals surface area contributed by atoms with Crippen LogP contribution < -0.4 is 5.73 Å². The number of carbonyl (C=O) groups is 1. The van der Waals surface area contributed by atoms with Gasteiger partial charge < -0.3 is 10.5 Å². The monoisotopic (exact) mass is 268 g/mol. The molecule has 2 rings (SSSR count). The molecular weight excluding hydrogens is 259 g/mol. The van der Waals surface area contributed by atoms with Crippen LogP contribution in [-0.4, -0.2) is 18.0 Å². The number of ether oxygens (including phenoxy) is 1. The fourth-order valence-corrected chi connectivity index (χ4v) is 1.99. The third-order valence-corrected chi connectivity index (χ3v) is 2.99. The van der Waals surface area contributed by atoms with E-state index < -0.39 is 12.3 Å². The summed E-state index contributed by atoms with van der Waals surface area (Å²) in [5.41, 5.74) is 5.88. The van der Waals surface area contributed by atoms with Crippen LogP contribution >= 0.6 is 11.6 Å². The second-order valence-electron chi connectivity index (χ2n) is 3.65. The highest BCUT2D eigenvalue weighted by Gasteiger charge is 2.17. The zero-order valence-corrected chi connectivity index (χ0v) is 10.2. The summed E-state index contributed by atoms with van der Waals surface area (Å²) in [5.74, 6) is -0.677. The number of rotatable bonds is 3. The summed E-state index contributed by atoms with van der Waals surface area (Å²) in [5, 5.41) is 0.628. The Hall–Kier alpha value is -1.72. The van der Waals surface area contributed by atoms with Gasteiger partial charge in [-0.05, 0) is 0 Å². The molecule has 1 aromatic heterocycles. The molecular formula is C12H10ClFN2O2. The van der Waals surface area contributed by atoms with Gasteiger partial charge in [0.1, 0.15) is 0 Å². The van der Waals surface area contributed by atoms with Crippen molar-refractivity contribution < 1.29 is 13.9 Å². The van der Waals surface area contributed by atoms with Crippen LogP contribution in [0.2, 0.25) is 5.02 Å². The molecule has 0 spiro atoms. The number of primary amides is 1. The van der Waals surface area contributed by atoms with Gasteiger partial charge in [-0.25, -0.2) is 4.39 Å². The molecule has 0 saturated heterocycles. The quantitative estimate of drug-likeness (QED) is 0.930. The van der Waals surface area contributed by atoms with Gasteiger partial charge in [0.2, 0.25) is 6.36 Å². The number of amides is 1. The second-order valence-corrected chi connectivity index (χ2v) is 4.02. The van der Waals surface area contributed by atoms with E-state index in [1.807, 2.05) is 0 Å². The smallest absolute Gasteiger partial charge is 0.251 e. The molecule has 18 heavy (non-hydrogen) atoms. The molecule has 1 amide bonds. The predicted octanol–water partition coefficient (Wildman–Crippen LogP) is 2.60. The average molecular weight is 269 g/mol. The van der Waals surface area contributed by atoms with Crippen molar-refractivity contribution in [2.24, 2.45) is 5.73 Å². The number of nitrogens with zero attached hydrogens (tertiary/aromatic N) is 1. The van der Waals surface area contributed by atoms with Gasteiger partial charge in [0.15, 0.2) is 0 Å². The molecule has 0 bridgehead atoms. The predicted molar refractivity (Wildman–Crippen MR) is 66.1 cm³/mol. The lowest BCUT2D eigenvalue weighted by atomic mass is 10.1. The Balaban J connectivity index is 2.74. The van der Waals surface area contributed by atoms with Crippen molar-refractivity contribution in [3.63, 3.8) is 0 Å². The van der Waals surface area contributed by atoms with Crippen molar-refractivity contribution in [1.82, 2.24) is 4.98 Å². The molecule has 0 saturated carbocycles. The first-order chi connectivity index (χ1) is 8.56. The van der Waals surface area contributed by atoms with Gasteiger partial charge in [0.25, 0.3) is 5.91 Å². The summed E-state index contributed by atoms with van der Waals surface area (Å²) in [6.45, 7) is 0. The number of methoxy groups -OCH3 is 1. The molecule has 2 N–H and O–H groups in total. The van der Waals surface area contributed by atoms with Crippen LogP contribution in [0.25, 0.3) is 10.9 Å². The van der Waals surface area contributed by atoms with Crippen LogP contribution in [0.3, 0.4) is 0 Å². The molecule has 1 aromatic carbocycles. The van der Waals surface area contributed by atoms with E-state index in [-0.39, 0.29) is 16.1 Å². The van der Waals surface area contributed by atoms with Crippen molar-refractivity contribution >= 4 is 28.4 Å². The molecule has 1 heterocycles. The number of pyridine rings is 1. The Morgan fingerprint density at radius 2 is 2.28 bits per heavy atom. The number of halogens is 2. The van der Waals surface area contributed by atoms with E-state index in [2.05, 4.69) is 9.72 Å². The van der Waals surface area contributed by atoms with E-state index >= 15 is 0 Å². The minimum absolute atomic E-state index is 0.106. The highest BCUT2D eigenvalue weighted by atomic mass is 35.5. The van der Waals surface area contributed by atoms with Crippen LogP contribution in [0.1, 0.15) is 22.3 Å². The van der Waals surface area contributed by atoms with Gasteiger partial charge >= 0.3 is 0 Å². The van der Waals surface area contributed by atoms with Crippen LogP contribution in [0.5, 0.6) is 0 Å². The van der Waals surface area contributed by atoms with Crippen molar-refractivity contribution in [1.29, 1.82) is 0 Å². The lowest BCUT2D eigenvalue weighted by Crippen LogP contribution is -2.12. The Morgan fingerprint density at radius 1 is 1.56 bits per heavy atom. The standard InChI is InChI=1S/C12H10ClFN2O2/c1-18-11(14)7-4-2-3-6-9(13)8(12(15)17)5-16-10(6)7/h2-5,11H,1H3,(H2,15,17). The number of fused-ring (bicyclic) bond motifs is 1. The second kappa shape index (κ2) is 4.88. The molecule has 0 radical (unpaired) electrons. The first-order valence-corrected chi connectivity index (χ1v) is 5.48. The van der Waals surface area contributed by atoms with Crippen LogP contribution in [0.15, 0.2) is 24.4 Å². The van der Waals surface area contributed by atoms with Gasteiger partial charge in [0, 0.05) is 24.3 Å². The molecule has 6 heteroatoms. The number of hydrogen-bond donors (Lipinski definition) is 1. The van der Waals surface area contributed by atoms with Gasteiger partial charge in [-0.3, -0.25) is 9.78 Å². The number of benzene rings is 1. The van der Waals surface area contributed by atoms with E-state index in [1.165, 1.54) is 13.3 Å². The van der Waals surface area contributed by atoms with Gasteiger partial charge in [-0.15, -0.1) is 0 Å². The third kappa shape index (κ3) is 2.02. The fraction of sp³-hybridized carbons (Fsp3) is 0.167. The summed E-state index contributed by atoms with van der Waals surface area (Å²) in [6, 6.07) is 4.80. The number of nitrogens with two attached hydrogens (primary N) is 1. The first kappa shape index (κ1) is 12.7. The van der Waals surface area contributed by atoms with Gasteiger partial charge in [-0.1, -0.05) is 29.8 Å². The Labute approximate surface area is 108 Å². The van der Waals surface area contributed by atoms with Crippen molar-refractivity contribution in [2.75, 3.05) is 7.11 Å². The minimum atomic E-state index is -1.60. The summed E-state index contributed by atoms with van der Waals surface area (Å²) < 4.78 is 18.2. The number of para-hydroxylation sites is 1. The number of aromatic nitrogens is 1. The van der Waals surface area contributed by atoms with Crippen molar-refractivity contribution in [3.8, 4) is 0 Å². The summed E-state index contributed by atoms with van der Waals surface area (Å²) in [6.07, 6.45) is -0.365. The highest BCUT2D eigenvalue weighted by molar-refractivity contribution is 6.38. The maximum atomic E-state index is 13.6. The Kier molecular flexibility index (Phi) is 3.45. The molecule has 1 unspecified atom stereocenters. The van der Waals surface area contributed by atoms with E-state index in [0.717, 1.165) is 0 Å². The van der Waals surface area contributed by atoms with Crippen molar-refractivity contribution in [3.05, 3.63) is 40.5 Å². The Morgan fingerprint density at radius 3 is 2.89 bits per heavy atom. The SMILES string of the molecule is COC(F)c1cccc2c(Cl)c(C(N)=O)cnc12. The number of alkyl halides is 1. The molecule has 4 nitrogen and oxygen atoms in total. The van der Waals surface area contributed by atoms with Crippen LogP contribution in [-0.2, 0) is 4.74 Å². The maximum absolute atomic E-state index is 13.6. The summed E-state index contributed by atoms with van der Waals surface area (Å²) in [4.78, 5) is 15.2. The van der Waals surface area contributed by atoms with E-state index in [1.54, 1.807) is 18.2 Å². The lowest BCUT2D eigenvalue weighted by Gasteiger charge is -2.11. The normalized spacial score (nSPS) is 12.6. The maximum Gasteiger partial charge on any atom is 0.251 e. The first-order valence-electron chi connectivity index (χ1n) is 5.10. The number of hydrogen-bond acceptors (Lipinski definition) is 3. The van der Waals surface area contributed by atoms with Gasteiger partial charge in [0.05, 0.1) is 16.1 Å². The molecule has 0 aliphatic carbocycles. The van der Waals surface area contributed by atoms with Crippen molar-refractivity contribution in [2.45, 2.75) is 6.36 Å². The lowest BCUT2D eigenvalue weighted by molar-refractivity contribution is -0.00559. The Bertz CT molecular complexity index is 618. The zero-order valence-electron chi connectivity index (χ0n) is 9.48. The molecule has 0 aliphatic rings. The molecule has 2 aromatic rings. The largest absolute Gasteiger partial charge is 0.366 e. The average Bonchev–Trinajstić information content (AvgIpc) is 2.37. The molecule has 94 valence electrons. The van der Waals surface area contributed by atoms with Crippen LogP contribution in [0.4, 0.5) is 4.39 Å². The van der Waals surface area contributed by atoms with E-state index in [9.17, 15) is 9.18 Å². The van der Waals surface area contributed by atoms with Crippen LogP contribution in [0, 0.1) is 0 Å². The minimum Gasteiger partial charge on any atom is -0.366 e. The fourth-order valence-electron chi connectivity index (χ4n) is 1.70. The summed E-state index contributed by atoms with van der Waals surface area (Å²) in [7, 11) is 1.25. The molecule has 0 fully saturated rings. The number of carbonyl (C=O) groups excluding carboxylic acids is 1. The van der Waals surface area contributed by atoms with E-state index in [0.29, 0.717) is 10.9 Å².